The molecule has 1 aliphatic heterocycles. The number of hydrogen-bond donors (Lipinski definition) is 1. The molecule has 4 rings (SSSR count). The molecule has 0 unspecified atom stereocenters. The summed E-state index contributed by atoms with van der Waals surface area (Å²) in [6.07, 6.45) is 1.80. The molecule has 1 saturated heterocycles. The Labute approximate surface area is 187 Å². The molecule has 0 aliphatic carbocycles. The molecule has 0 atom stereocenters. The summed E-state index contributed by atoms with van der Waals surface area (Å²) in [4.78, 5) is 29.7. The molecule has 32 heavy (non-hydrogen) atoms. The standard InChI is InChI=1S/C25H32N2O5/c1-15-12-19-22(23-21(15)18(14-31-23)25(3,4)5)16(2)17(24(30)32-19)13-20(29)27-8-6-26(7-9-27)10-11-28/h12,14,28H,6-11,13H2,1-5H3. The number of benzene rings is 1. The van der Waals surface area contributed by atoms with Crippen LogP contribution in [0.3, 0.4) is 0 Å². The van der Waals surface area contributed by atoms with Crippen molar-refractivity contribution >= 4 is 27.8 Å². The minimum Gasteiger partial charge on any atom is -0.463 e. The minimum atomic E-state index is -0.469. The minimum absolute atomic E-state index is 0.00626. The van der Waals surface area contributed by atoms with Crippen molar-refractivity contribution in [2.75, 3.05) is 39.3 Å². The van der Waals surface area contributed by atoms with E-state index in [9.17, 15) is 9.59 Å². The summed E-state index contributed by atoms with van der Waals surface area (Å²) >= 11 is 0. The number of β-amino-alcohol motifs (C(OH)–C–C–N with tert-alkyl or cyclic N) is 1. The Morgan fingerprint density at radius 2 is 1.81 bits per heavy atom. The molecule has 2 aromatic heterocycles. The molecule has 7 heteroatoms. The first kappa shape index (κ1) is 22.6. The number of fused-ring (bicyclic) bond motifs is 3. The molecule has 1 fully saturated rings. The third-order valence-corrected chi connectivity index (χ3v) is 6.56. The number of hydrogen-bond acceptors (Lipinski definition) is 6. The molecule has 1 amide bonds. The number of carbonyl (C=O) groups is 1. The summed E-state index contributed by atoms with van der Waals surface area (Å²) in [5.41, 5.74) is 3.86. The maximum absolute atomic E-state index is 13.0. The molecule has 1 N–H and O–H groups in total. The van der Waals surface area contributed by atoms with Gasteiger partial charge in [0.15, 0.2) is 0 Å². The fourth-order valence-corrected chi connectivity index (χ4v) is 4.67. The van der Waals surface area contributed by atoms with E-state index in [2.05, 4.69) is 25.7 Å². The van der Waals surface area contributed by atoms with Crippen LogP contribution in [0, 0.1) is 13.8 Å². The van der Waals surface area contributed by atoms with Crippen LogP contribution in [0.5, 0.6) is 0 Å². The average molecular weight is 441 g/mol. The Morgan fingerprint density at radius 3 is 2.44 bits per heavy atom. The molecule has 0 spiro atoms. The number of furan rings is 1. The third kappa shape index (κ3) is 3.95. The van der Waals surface area contributed by atoms with Crippen LogP contribution in [0.1, 0.15) is 43.0 Å². The van der Waals surface area contributed by atoms with Crippen molar-refractivity contribution in [3.05, 3.63) is 45.0 Å². The van der Waals surface area contributed by atoms with Crippen LogP contribution in [0.4, 0.5) is 0 Å². The van der Waals surface area contributed by atoms with Crippen molar-refractivity contribution < 1.29 is 18.7 Å². The highest BCUT2D eigenvalue weighted by atomic mass is 16.4. The van der Waals surface area contributed by atoms with Crippen LogP contribution in [0.2, 0.25) is 0 Å². The van der Waals surface area contributed by atoms with Gasteiger partial charge in [-0.2, -0.15) is 0 Å². The van der Waals surface area contributed by atoms with E-state index in [1.165, 1.54) is 0 Å². The SMILES string of the molecule is Cc1cc2oc(=O)c(CC(=O)N3CCN(CCO)CC3)c(C)c2c2occ(C(C)(C)C)c12. The number of amides is 1. The lowest BCUT2D eigenvalue weighted by atomic mass is 9.85. The van der Waals surface area contributed by atoms with E-state index in [1.54, 1.807) is 11.2 Å². The summed E-state index contributed by atoms with van der Waals surface area (Å²) in [7, 11) is 0. The first-order valence-electron chi connectivity index (χ1n) is 11.2. The predicted molar refractivity (Wildman–Crippen MR) is 124 cm³/mol. The fourth-order valence-electron chi connectivity index (χ4n) is 4.67. The quantitative estimate of drug-likeness (QED) is 0.627. The summed E-state index contributed by atoms with van der Waals surface area (Å²) in [5, 5.41) is 10.9. The van der Waals surface area contributed by atoms with Gasteiger partial charge in [0.2, 0.25) is 5.91 Å². The van der Waals surface area contributed by atoms with E-state index in [4.69, 9.17) is 13.9 Å². The first-order chi connectivity index (χ1) is 15.1. The Balaban J connectivity index is 1.72. The van der Waals surface area contributed by atoms with Gasteiger partial charge in [0.25, 0.3) is 0 Å². The van der Waals surface area contributed by atoms with Crippen molar-refractivity contribution in [3.8, 4) is 0 Å². The van der Waals surface area contributed by atoms with Crippen LogP contribution < -0.4 is 5.63 Å². The van der Waals surface area contributed by atoms with Crippen LogP contribution >= 0.6 is 0 Å². The van der Waals surface area contributed by atoms with Gasteiger partial charge in [-0.05, 0) is 36.5 Å². The van der Waals surface area contributed by atoms with E-state index < -0.39 is 5.63 Å². The second kappa shape index (κ2) is 8.37. The third-order valence-electron chi connectivity index (χ3n) is 6.56. The van der Waals surface area contributed by atoms with Crippen LogP contribution in [0.15, 0.2) is 26.0 Å². The number of aryl methyl sites for hydroxylation is 2. The molecule has 0 radical (unpaired) electrons. The number of piperazine rings is 1. The number of aliphatic hydroxyl groups is 1. The van der Waals surface area contributed by atoms with E-state index in [0.29, 0.717) is 36.4 Å². The van der Waals surface area contributed by atoms with Gasteiger partial charge in [0, 0.05) is 43.7 Å². The Kier molecular flexibility index (Phi) is 5.90. The summed E-state index contributed by atoms with van der Waals surface area (Å²) in [5.74, 6) is -0.0819. The van der Waals surface area contributed by atoms with E-state index in [1.807, 2.05) is 19.9 Å². The zero-order valence-corrected chi connectivity index (χ0v) is 19.6. The van der Waals surface area contributed by atoms with Crippen LogP contribution in [-0.2, 0) is 16.6 Å². The summed E-state index contributed by atoms with van der Waals surface area (Å²) in [6.45, 7) is 13.6. The molecular formula is C25H32N2O5. The van der Waals surface area contributed by atoms with Crippen LogP contribution in [-0.4, -0.2) is 60.1 Å². The molecule has 0 bridgehead atoms. The van der Waals surface area contributed by atoms with E-state index in [-0.39, 0.29) is 24.3 Å². The highest BCUT2D eigenvalue weighted by molar-refractivity contribution is 6.07. The lowest BCUT2D eigenvalue weighted by Crippen LogP contribution is -2.49. The normalized spacial score (nSPS) is 15.8. The zero-order valence-electron chi connectivity index (χ0n) is 19.6. The Bertz CT molecular complexity index is 1220. The molecule has 3 heterocycles. The van der Waals surface area contributed by atoms with Gasteiger partial charge in [-0.25, -0.2) is 4.79 Å². The number of rotatable bonds is 4. The zero-order chi connectivity index (χ0) is 23.2. The van der Waals surface area contributed by atoms with Gasteiger partial charge < -0.3 is 18.8 Å². The topological polar surface area (TPSA) is 87.1 Å². The van der Waals surface area contributed by atoms with Crippen LogP contribution in [0.25, 0.3) is 21.9 Å². The maximum Gasteiger partial charge on any atom is 0.340 e. The van der Waals surface area contributed by atoms with Crippen molar-refractivity contribution in [1.29, 1.82) is 0 Å². The second-order valence-corrected chi connectivity index (χ2v) is 9.79. The lowest BCUT2D eigenvalue weighted by molar-refractivity contribution is -0.132. The molecular weight excluding hydrogens is 408 g/mol. The molecule has 172 valence electrons. The van der Waals surface area contributed by atoms with Gasteiger partial charge >= 0.3 is 5.63 Å². The van der Waals surface area contributed by atoms with Crippen molar-refractivity contribution in [3.63, 3.8) is 0 Å². The Morgan fingerprint density at radius 1 is 1.12 bits per heavy atom. The number of aliphatic hydroxyl groups excluding tert-OH is 1. The molecule has 1 aliphatic rings. The number of nitrogens with zero attached hydrogens (tertiary/aromatic N) is 2. The second-order valence-electron chi connectivity index (χ2n) is 9.79. The summed E-state index contributed by atoms with van der Waals surface area (Å²) in [6, 6.07) is 1.89. The van der Waals surface area contributed by atoms with Crippen molar-refractivity contribution in [2.45, 2.75) is 46.5 Å². The van der Waals surface area contributed by atoms with Gasteiger partial charge in [0.05, 0.1) is 30.2 Å². The van der Waals surface area contributed by atoms with Crippen molar-refractivity contribution in [1.82, 2.24) is 9.80 Å². The van der Waals surface area contributed by atoms with Gasteiger partial charge in [-0.1, -0.05) is 20.8 Å². The average Bonchev–Trinajstić information content (AvgIpc) is 3.18. The molecule has 7 nitrogen and oxygen atoms in total. The summed E-state index contributed by atoms with van der Waals surface area (Å²) < 4.78 is 11.7. The van der Waals surface area contributed by atoms with E-state index in [0.717, 1.165) is 40.6 Å². The Hall–Kier alpha value is -2.64. The monoisotopic (exact) mass is 440 g/mol. The predicted octanol–water partition coefficient (Wildman–Crippen LogP) is 3.13. The molecule has 1 aromatic carbocycles. The number of carbonyl (C=O) groups excluding carboxylic acids is 1. The van der Waals surface area contributed by atoms with Gasteiger partial charge in [-0.15, -0.1) is 0 Å². The largest absolute Gasteiger partial charge is 0.463 e. The highest BCUT2D eigenvalue weighted by Gasteiger charge is 2.27. The first-order valence-corrected chi connectivity index (χ1v) is 11.2. The van der Waals surface area contributed by atoms with Crippen molar-refractivity contribution in [2.24, 2.45) is 0 Å². The fraction of sp³-hybridized carbons (Fsp3) is 0.520. The maximum atomic E-state index is 13.0. The highest BCUT2D eigenvalue weighted by Crippen LogP contribution is 2.39. The lowest BCUT2D eigenvalue weighted by Gasteiger charge is -2.34. The molecule has 3 aromatic rings. The van der Waals surface area contributed by atoms with Gasteiger partial charge in [-0.3, -0.25) is 9.69 Å². The molecule has 0 saturated carbocycles. The van der Waals surface area contributed by atoms with Gasteiger partial charge in [0.1, 0.15) is 11.2 Å². The smallest absolute Gasteiger partial charge is 0.340 e. The van der Waals surface area contributed by atoms with E-state index >= 15 is 0 Å².